The van der Waals surface area contributed by atoms with Gasteiger partial charge < -0.3 is 18.9 Å². The molecule has 9 nitrogen and oxygen atoms in total. The predicted molar refractivity (Wildman–Crippen MR) is 191 cm³/mol. The SMILES string of the molecule is COc1ccc([C@H](Cc2c(Cl)c[nH+]cc2Cl)OC(=O)c2cc(Br)cc(CN(C(=O)O[C@H]3CN4CCC3CC4)c3ccccc3F)c2)cc1OC. The summed E-state index contributed by atoms with van der Waals surface area (Å²) >= 11 is 16.5. The van der Waals surface area contributed by atoms with Gasteiger partial charge in [-0.15, -0.1) is 0 Å². The molecule has 262 valence electrons. The van der Waals surface area contributed by atoms with Gasteiger partial charge in [0.1, 0.15) is 28.1 Å². The minimum atomic E-state index is -0.839. The van der Waals surface area contributed by atoms with Crippen molar-refractivity contribution in [2.45, 2.75) is 38.0 Å². The minimum absolute atomic E-state index is 0.0641. The van der Waals surface area contributed by atoms with E-state index in [4.69, 9.17) is 42.1 Å². The number of carbonyl (C=O) groups is 2. The zero-order valence-corrected chi connectivity index (χ0v) is 30.6. The van der Waals surface area contributed by atoms with Crippen LogP contribution in [0, 0.1) is 11.7 Å². The van der Waals surface area contributed by atoms with Gasteiger partial charge in [0.15, 0.2) is 23.9 Å². The molecule has 13 heteroatoms. The molecule has 2 bridgehead atoms. The lowest BCUT2D eigenvalue weighted by atomic mass is 9.86. The van der Waals surface area contributed by atoms with E-state index in [9.17, 15) is 9.59 Å². The molecule has 0 aliphatic carbocycles. The van der Waals surface area contributed by atoms with Gasteiger partial charge in [-0.25, -0.2) is 19.0 Å². The van der Waals surface area contributed by atoms with Gasteiger partial charge in [-0.1, -0.05) is 57.3 Å². The first kappa shape index (κ1) is 35.9. The third-order valence-electron chi connectivity index (χ3n) is 9.16. The number of aromatic nitrogens is 1. The number of H-pyrrole nitrogens is 1. The highest BCUT2D eigenvalue weighted by molar-refractivity contribution is 9.10. The molecule has 4 aromatic rings. The Labute approximate surface area is 308 Å². The van der Waals surface area contributed by atoms with E-state index in [1.165, 1.54) is 31.3 Å². The molecule has 2 atom stereocenters. The number of carbonyl (C=O) groups excluding carboxylic acids is 2. The zero-order chi connectivity index (χ0) is 35.4. The summed E-state index contributed by atoms with van der Waals surface area (Å²) in [5.41, 5.74) is 2.03. The Balaban J connectivity index is 1.28. The van der Waals surface area contributed by atoms with Crippen LogP contribution < -0.4 is 19.4 Å². The minimum Gasteiger partial charge on any atom is -0.493 e. The molecule has 3 aliphatic rings. The number of aromatic amines is 1. The van der Waals surface area contributed by atoms with Gasteiger partial charge in [-0.05, 0) is 85.4 Å². The van der Waals surface area contributed by atoms with Crippen LogP contribution in [0.5, 0.6) is 11.5 Å². The summed E-state index contributed by atoms with van der Waals surface area (Å²) in [6.45, 7) is 2.58. The average Bonchev–Trinajstić information content (AvgIpc) is 3.12. The Hall–Kier alpha value is -3.90. The molecule has 50 heavy (non-hydrogen) atoms. The van der Waals surface area contributed by atoms with Crippen molar-refractivity contribution in [2.24, 2.45) is 5.92 Å². The molecule has 4 heterocycles. The topological polar surface area (TPSA) is 91.7 Å². The molecule has 1 N–H and O–H groups in total. The third kappa shape index (κ3) is 8.18. The van der Waals surface area contributed by atoms with Gasteiger partial charge in [0.25, 0.3) is 0 Å². The normalized spacial score (nSPS) is 18.6. The third-order valence-corrected chi connectivity index (χ3v) is 10.3. The van der Waals surface area contributed by atoms with Crippen LogP contribution in [0.2, 0.25) is 10.0 Å². The van der Waals surface area contributed by atoms with Crippen LogP contribution in [-0.4, -0.2) is 56.9 Å². The standard InChI is InChI=1S/C37H35BrCl2FN3O6/c1-47-32-8-7-24(16-34(32)48-2)33(17-27-28(39)18-42-19-29(27)40)49-36(45)25-13-22(14-26(38)15-25)20-44(31-6-4-3-5-30(31)41)37(46)50-35-21-43-11-9-23(35)10-12-43/h3-8,13-16,18-19,23,33,35H,9-12,17,20-21H2,1-2H3/p+1/t33-,35-/m0/s1. The number of pyridine rings is 1. The highest BCUT2D eigenvalue weighted by Gasteiger charge is 2.38. The molecule has 3 fully saturated rings. The van der Waals surface area contributed by atoms with E-state index >= 15 is 4.39 Å². The van der Waals surface area contributed by atoms with Crippen LogP contribution in [0.4, 0.5) is 14.9 Å². The first-order valence-electron chi connectivity index (χ1n) is 16.1. The van der Waals surface area contributed by atoms with Gasteiger partial charge in [0, 0.05) is 23.0 Å². The second-order valence-electron chi connectivity index (χ2n) is 12.3. The van der Waals surface area contributed by atoms with Crippen LogP contribution >= 0.6 is 39.1 Å². The summed E-state index contributed by atoms with van der Waals surface area (Å²) < 4.78 is 38.8. The maximum atomic E-state index is 15.2. The highest BCUT2D eigenvalue weighted by atomic mass is 79.9. The molecular formula is C37H36BrCl2FN3O6+. The fourth-order valence-corrected chi connectivity index (χ4v) is 7.61. The van der Waals surface area contributed by atoms with E-state index in [-0.39, 0.29) is 36.2 Å². The van der Waals surface area contributed by atoms with Crippen LogP contribution in [0.1, 0.15) is 46.0 Å². The molecule has 0 saturated carbocycles. The lowest BCUT2D eigenvalue weighted by molar-refractivity contribution is -0.377. The summed E-state index contributed by atoms with van der Waals surface area (Å²) in [5, 5.41) is 0.754. The van der Waals surface area contributed by atoms with Gasteiger partial charge in [0.05, 0.1) is 32.0 Å². The van der Waals surface area contributed by atoms with Crippen molar-refractivity contribution in [2.75, 3.05) is 38.8 Å². The molecule has 1 aromatic heterocycles. The molecular weight excluding hydrogens is 752 g/mol. The number of benzene rings is 3. The number of nitrogens with one attached hydrogen (secondary N) is 1. The smallest absolute Gasteiger partial charge is 0.415 e. The first-order chi connectivity index (χ1) is 24.1. The quantitative estimate of drug-likeness (QED) is 0.142. The Morgan fingerprint density at radius 1 is 1.00 bits per heavy atom. The van der Waals surface area contributed by atoms with Gasteiger partial charge >= 0.3 is 12.1 Å². The van der Waals surface area contributed by atoms with E-state index in [1.54, 1.807) is 60.9 Å². The molecule has 0 spiro atoms. The second kappa shape index (κ2) is 16.0. The number of para-hydroxylation sites is 1. The van der Waals surface area contributed by atoms with Crippen LogP contribution in [0.15, 0.2) is 77.5 Å². The number of esters is 1. The Morgan fingerprint density at radius 2 is 1.72 bits per heavy atom. The molecule has 0 unspecified atom stereocenters. The molecule has 0 radical (unpaired) electrons. The summed E-state index contributed by atoms with van der Waals surface area (Å²) in [7, 11) is 3.05. The number of fused-ring (bicyclic) bond motifs is 3. The fourth-order valence-electron chi connectivity index (χ4n) is 6.53. The number of amides is 1. The van der Waals surface area contributed by atoms with Crippen molar-refractivity contribution >= 4 is 56.9 Å². The van der Waals surface area contributed by atoms with E-state index in [1.807, 2.05) is 0 Å². The number of hydrogen-bond acceptors (Lipinski definition) is 7. The number of anilines is 1. The molecule has 3 aliphatic heterocycles. The maximum Gasteiger partial charge on any atom is 0.415 e. The molecule has 1 amide bonds. The fraction of sp³-hybridized carbons (Fsp3) is 0.324. The number of methoxy groups -OCH3 is 2. The summed E-state index contributed by atoms with van der Waals surface area (Å²) in [4.78, 5) is 34.1. The number of ether oxygens (including phenoxy) is 4. The number of hydrogen-bond donors (Lipinski definition) is 0. The molecule has 3 aromatic carbocycles. The number of halogens is 4. The number of nitrogens with zero attached hydrogens (tertiary/aromatic N) is 2. The Morgan fingerprint density at radius 3 is 2.38 bits per heavy atom. The van der Waals surface area contributed by atoms with E-state index in [0.29, 0.717) is 49.3 Å². The summed E-state index contributed by atoms with van der Waals surface area (Å²) in [6.07, 6.45) is 3.50. The highest BCUT2D eigenvalue weighted by Crippen LogP contribution is 2.36. The zero-order valence-electron chi connectivity index (χ0n) is 27.5. The summed E-state index contributed by atoms with van der Waals surface area (Å²) in [6, 6.07) is 16.3. The summed E-state index contributed by atoms with van der Waals surface area (Å²) in [5.74, 6) is 0.0227. The van der Waals surface area contributed by atoms with Crippen LogP contribution in [0.25, 0.3) is 0 Å². The maximum absolute atomic E-state index is 15.2. The van der Waals surface area contributed by atoms with Crippen LogP contribution in [-0.2, 0) is 22.4 Å². The van der Waals surface area contributed by atoms with Gasteiger partial charge in [-0.3, -0.25) is 9.80 Å². The molecule has 7 rings (SSSR count). The van der Waals surface area contributed by atoms with Crippen molar-refractivity contribution in [3.05, 3.63) is 116 Å². The molecule has 3 saturated heterocycles. The van der Waals surface area contributed by atoms with Gasteiger partial charge in [0.2, 0.25) is 0 Å². The van der Waals surface area contributed by atoms with Crippen molar-refractivity contribution in [1.82, 2.24) is 4.90 Å². The van der Waals surface area contributed by atoms with Crippen molar-refractivity contribution in [1.29, 1.82) is 0 Å². The van der Waals surface area contributed by atoms with Crippen molar-refractivity contribution in [3.8, 4) is 11.5 Å². The Bertz CT molecular complexity index is 1850. The lowest BCUT2D eigenvalue weighted by Gasteiger charge is -2.44. The van der Waals surface area contributed by atoms with Crippen molar-refractivity contribution < 1.29 is 37.9 Å². The lowest BCUT2D eigenvalue weighted by Crippen LogP contribution is -2.53. The predicted octanol–water partition coefficient (Wildman–Crippen LogP) is 8.10. The van der Waals surface area contributed by atoms with E-state index in [2.05, 4.69) is 25.8 Å². The van der Waals surface area contributed by atoms with E-state index in [0.717, 1.165) is 25.9 Å². The largest absolute Gasteiger partial charge is 0.493 e. The van der Waals surface area contributed by atoms with E-state index < -0.39 is 24.0 Å². The average molecular weight is 789 g/mol. The second-order valence-corrected chi connectivity index (χ2v) is 14.0. The van der Waals surface area contributed by atoms with Gasteiger partial charge in [-0.2, -0.15) is 0 Å². The van der Waals surface area contributed by atoms with Crippen molar-refractivity contribution in [3.63, 3.8) is 0 Å². The van der Waals surface area contributed by atoms with Crippen LogP contribution in [0.3, 0.4) is 0 Å². The number of rotatable bonds is 11. The monoisotopic (exact) mass is 786 g/mol. The first-order valence-corrected chi connectivity index (χ1v) is 17.7. The Kier molecular flexibility index (Phi) is 11.5. The number of piperidine rings is 3.